The molecule has 0 saturated carbocycles. The second-order valence-electron chi connectivity index (χ2n) is 6.16. The molecule has 0 spiro atoms. The standard InChI is InChI=1S/C20H25N3O3S/c1-4-5-10-21-18(24)12-26-19(25)17-9-7-6-8-16(17)13-27-20-22-14(2)11-15(3)23-20/h6-9,11H,4-5,10,12-13H2,1-3H3,(H,21,24). The van der Waals surface area contributed by atoms with E-state index in [-0.39, 0.29) is 12.5 Å². The van der Waals surface area contributed by atoms with Crippen LogP contribution < -0.4 is 5.32 Å². The Morgan fingerprint density at radius 3 is 2.56 bits per heavy atom. The number of carbonyl (C=O) groups is 2. The molecule has 1 amide bonds. The highest BCUT2D eigenvalue weighted by molar-refractivity contribution is 7.98. The maximum atomic E-state index is 12.4. The molecule has 1 heterocycles. The van der Waals surface area contributed by atoms with Crippen molar-refractivity contribution in [2.45, 2.75) is 44.5 Å². The van der Waals surface area contributed by atoms with Gasteiger partial charge in [-0.3, -0.25) is 4.79 Å². The number of benzene rings is 1. The van der Waals surface area contributed by atoms with Crippen LogP contribution in [0.25, 0.3) is 0 Å². The number of rotatable bonds is 9. The van der Waals surface area contributed by atoms with Crippen molar-refractivity contribution >= 4 is 23.6 Å². The predicted molar refractivity (Wildman–Crippen MR) is 106 cm³/mol. The lowest BCUT2D eigenvalue weighted by Crippen LogP contribution is -2.29. The summed E-state index contributed by atoms with van der Waals surface area (Å²) in [4.78, 5) is 32.9. The number of unbranched alkanes of at least 4 members (excludes halogenated alkanes) is 1. The summed E-state index contributed by atoms with van der Waals surface area (Å²) in [7, 11) is 0. The molecule has 1 aromatic carbocycles. The summed E-state index contributed by atoms with van der Waals surface area (Å²) in [6.45, 7) is 6.22. The Balaban J connectivity index is 1.95. The number of nitrogens with one attached hydrogen (secondary N) is 1. The molecule has 6 nitrogen and oxygen atoms in total. The Hall–Kier alpha value is -2.41. The summed E-state index contributed by atoms with van der Waals surface area (Å²) in [5.74, 6) is -0.248. The zero-order valence-electron chi connectivity index (χ0n) is 15.9. The molecule has 0 radical (unpaired) electrons. The first-order chi connectivity index (χ1) is 13.0. The monoisotopic (exact) mass is 387 g/mol. The zero-order chi connectivity index (χ0) is 19.6. The average molecular weight is 388 g/mol. The van der Waals surface area contributed by atoms with Gasteiger partial charge in [0.1, 0.15) is 0 Å². The van der Waals surface area contributed by atoms with E-state index in [2.05, 4.69) is 15.3 Å². The lowest BCUT2D eigenvalue weighted by atomic mass is 10.1. The Bertz CT molecular complexity index is 776. The van der Waals surface area contributed by atoms with Crippen molar-refractivity contribution in [3.05, 3.63) is 52.8 Å². The van der Waals surface area contributed by atoms with Gasteiger partial charge in [-0.1, -0.05) is 43.3 Å². The highest BCUT2D eigenvalue weighted by atomic mass is 32.2. The van der Waals surface area contributed by atoms with Gasteiger partial charge < -0.3 is 10.1 Å². The number of aromatic nitrogens is 2. The molecule has 1 aromatic heterocycles. The summed E-state index contributed by atoms with van der Waals surface area (Å²) in [6.07, 6.45) is 1.90. The van der Waals surface area contributed by atoms with Gasteiger partial charge in [0.2, 0.25) is 0 Å². The molecule has 2 aromatic rings. The molecule has 27 heavy (non-hydrogen) atoms. The van der Waals surface area contributed by atoms with E-state index in [1.54, 1.807) is 12.1 Å². The second kappa shape index (κ2) is 10.7. The van der Waals surface area contributed by atoms with Crippen LogP contribution >= 0.6 is 11.8 Å². The van der Waals surface area contributed by atoms with E-state index in [0.717, 1.165) is 29.8 Å². The van der Waals surface area contributed by atoms with E-state index in [1.807, 2.05) is 39.0 Å². The summed E-state index contributed by atoms with van der Waals surface area (Å²) in [6, 6.07) is 9.13. The minimum Gasteiger partial charge on any atom is -0.452 e. The van der Waals surface area contributed by atoms with Gasteiger partial charge in [-0.05, 0) is 38.0 Å². The summed E-state index contributed by atoms with van der Waals surface area (Å²) in [5, 5.41) is 3.40. The van der Waals surface area contributed by atoms with Crippen LogP contribution in [0, 0.1) is 13.8 Å². The van der Waals surface area contributed by atoms with Crippen LogP contribution in [0.3, 0.4) is 0 Å². The average Bonchev–Trinajstić information content (AvgIpc) is 2.64. The van der Waals surface area contributed by atoms with Crippen molar-refractivity contribution in [1.82, 2.24) is 15.3 Å². The molecule has 0 bridgehead atoms. The first-order valence-electron chi connectivity index (χ1n) is 8.96. The molecule has 7 heteroatoms. The molecular formula is C20H25N3O3S. The maximum absolute atomic E-state index is 12.4. The number of hydrogen-bond acceptors (Lipinski definition) is 6. The van der Waals surface area contributed by atoms with E-state index in [9.17, 15) is 9.59 Å². The Morgan fingerprint density at radius 2 is 1.85 bits per heavy atom. The summed E-state index contributed by atoms with van der Waals surface area (Å²) < 4.78 is 5.16. The van der Waals surface area contributed by atoms with Gasteiger partial charge in [-0.15, -0.1) is 0 Å². The number of ether oxygens (including phenoxy) is 1. The fraction of sp³-hybridized carbons (Fsp3) is 0.400. The second-order valence-corrected chi connectivity index (χ2v) is 7.10. The van der Waals surface area contributed by atoms with Crippen LogP contribution in [-0.2, 0) is 15.3 Å². The molecule has 1 N–H and O–H groups in total. The van der Waals surface area contributed by atoms with Gasteiger partial charge in [0.15, 0.2) is 11.8 Å². The fourth-order valence-electron chi connectivity index (χ4n) is 2.41. The van der Waals surface area contributed by atoms with Gasteiger partial charge in [0, 0.05) is 23.7 Å². The van der Waals surface area contributed by atoms with Crippen molar-refractivity contribution < 1.29 is 14.3 Å². The van der Waals surface area contributed by atoms with Gasteiger partial charge in [-0.25, -0.2) is 14.8 Å². The summed E-state index contributed by atoms with van der Waals surface area (Å²) >= 11 is 1.46. The SMILES string of the molecule is CCCCNC(=O)COC(=O)c1ccccc1CSc1nc(C)cc(C)n1. The Kier molecular flexibility index (Phi) is 8.26. The molecule has 144 valence electrons. The molecule has 0 unspecified atom stereocenters. The van der Waals surface area contributed by atoms with Crippen molar-refractivity contribution in [2.75, 3.05) is 13.2 Å². The maximum Gasteiger partial charge on any atom is 0.338 e. The Morgan fingerprint density at radius 1 is 1.15 bits per heavy atom. The third-order valence-electron chi connectivity index (χ3n) is 3.74. The van der Waals surface area contributed by atoms with Crippen molar-refractivity contribution in [1.29, 1.82) is 0 Å². The fourth-order valence-corrected chi connectivity index (χ4v) is 3.36. The van der Waals surface area contributed by atoms with E-state index in [1.165, 1.54) is 11.8 Å². The van der Waals surface area contributed by atoms with Gasteiger partial charge in [0.05, 0.1) is 5.56 Å². The number of esters is 1. The predicted octanol–water partition coefficient (Wildman–Crippen LogP) is 3.46. The molecule has 0 aliphatic heterocycles. The van der Waals surface area contributed by atoms with Crippen LogP contribution in [0.15, 0.2) is 35.5 Å². The molecular weight excluding hydrogens is 362 g/mol. The topological polar surface area (TPSA) is 81.2 Å². The molecule has 0 atom stereocenters. The quantitative estimate of drug-likeness (QED) is 0.307. The molecule has 0 fully saturated rings. The highest BCUT2D eigenvalue weighted by Crippen LogP contribution is 2.22. The first kappa shape index (κ1) is 20.9. The first-order valence-corrected chi connectivity index (χ1v) is 9.95. The smallest absolute Gasteiger partial charge is 0.338 e. The molecule has 0 aliphatic carbocycles. The third kappa shape index (κ3) is 7.02. The van der Waals surface area contributed by atoms with Crippen LogP contribution in [0.2, 0.25) is 0 Å². The zero-order valence-corrected chi connectivity index (χ0v) is 16.8. The van der Waals surface area contributed by atoms with Crippen molar-refractivity contribution in [2.24, 2.45) is 0 Å². The lowest BCUT2D eigenvalue weighted by Gasteiger charge is -2.10. The van der Waals surface area contributed by atoms with Gasteiger partial charge in [0.25, 0.3) is 5.91 Å². The molecule has 2 rings (SSSR count). The molecule has 0 saturated heterocycles. The minimum atomic E-state index is -0.502. The van der Waals surface area contributed by atoms with E-state index < -0.39 is 5.97 Å². The normalized spacial score (nSPS) is 10.5. The third-order valence-corrected chi connectivity index (χ3v) is 4.64. The van der Waals surface area contributed by atoms with Crippen LogP contribution in [-0.4, -0.2) is 35.0 Å². The number of carbonyl (C=O) groups excluding carboxylic acids is 2. The summed E-state index contributed by atoms with van der Waals surface area (Å²) in [5.41, 5.74) is 3.09. The van der Waals surface area contributed by atoms with Crippen LogP contribution in [0.4, 0.5) is 0 Å². The van der Waals surface area contributed by atoms with E-state index >= 15 is 0 Å². The largest absolute Gasteiger partial charge is 0.452 e. The number of nitrogens with zero attached hydrogens (tertiary/aromatic N) is 2. The molecule has 0 aliphatic rings. The van der Waals surface area contributed by atoms with Crippen molar-refractivity contribution in [3.63, 3.8) is 0 Å². The van der Waals surface area contributed by atoms with Gasteiger partial charge >= 0.3 is 5.97 Å². The van der Waals surface area contributed by atoms with Gasteiger partial charge in [-0.2, -0.15) is 0 Å². The highest BCUT2D eigenvalue weighted by Gasteiger charge is 2.15. The lowest BCUT2D eigenvalue weighted by molar-refractivity contribution is -0.124. The Labute approximate surface area is 164 Å². The number of aryl methyl sites for hydroxylation is 2. The van der Waals surface area contributed by atoms with E-state index in [4.69, 9.17) is 4.74 Å². The van der Waals surface area contributed by atoms with Crippen LogP contribution in [0.5, 0.6) is 0 Å². The number of amides is 1. The number of hydrogen-bond donors (Lipinski definition) is 1. The minimum absolute atomic E-state index is 0.274. The van der Waals surface area contributed by atoms with Crippen molar-refractivity contribution in [3.8, 4) is 0 Å². The number of thioether (sulfide) groups is 1. The van der Waals surface area contributed by atoms with Crippen LogP contribution in [0.1, 0.15) is 47.1 Å². The van der Waals surface area contributed by atoms with E-state index in [0.29, 0.717) is 23.0 Å².